The molecule has 0 saturated carbocycles. The summed E-state index contributed by atoms with van der Waals surface area (Å²) < 4.78 is 3.65. The molecule has 0 unspecified atom stereocenters. The number of aromatic nitrogens is 2. The SMILES string of the molecule is [CH3][Sn]([CH3])([CH3])[c]1ccccc1-n1ccnc1. The van der Waals surface area contributed by atoms with Crippen LogP contribution in [-0.2, 0) is 0 Å². The van der Waals surface area contributed by atoms with Gasteiger partial charge in [0.05, 0.1) is 0 Å². The van der Waals surface area contributed by atoms with Crippen molar-refractivity contribution in [1.29, 1.82) is 0 Å². The van der Waals surface area contributed by atoms with Crippen LogP contribution >= 0.6 is 0 Å². The molecule has 0 atom stereocenters. The molecule has 78 valence electrons. The third kappa shape index (κ3) is 2.25. The molecule has 0 amide bonds. The molecule has 0 saturated heterocycles. The van der Waals surface area contributed by atoms with Crippen molar-refractivity contribution >= 4 is 22.0 Å². The molecule has 1 aromatic carbocycles. The molecule has 1 aromatic heterocycles. The van der Waals surface area contributed by atoms with Gasteiger partial charge in [0.2, 0.25) is 0 Å². The molecule has 2 aromatic rings. The van der Waals surface area contributed by atoms with Crippen LogP contribution in [0.1, 0.15) is 0 Å². The maximum absolute atomic E-state index is 4.11. The van der Waals surface area contributed by atoms with Crippen molar-refractivity contribution in [3.05, 3.63) is 43.0 Å². The Morgan fingerprint density at radius 3 is 2.47 bits per heavy atom. The fourth-order valence-corrected chi connectivity index (χ4v) is 6.24. The zero-order valence-corrected chi connectivity index (χ0v) is 12.3. The van der Waals surface area contributed by atoms with Crippen molar-refractivity contribution in [2.75, 3.05) is 0 Å². The molecular weight excluding hydrogens is 291 g/mol. The van der Waals surface area contributed by atoms with E-state index in [2.05, 4.69) is 48.6 Å². The zero-order chi connectivity index (χ0) is 10.9. The Kier molecular flexibility index (Phi) is 2.87. The molecule has 0 radical (unpaired) electrons. The van der Waals surface area contributed by atoms with Gasteiger partial charge in [0.15, 0.2) is 0 Å². The third-order valence-electron chi connectivity index (χ3n) is 2.49. The van der Waals surface area contributed by atoms with Gasteiger partial charge < -0.3 is 0 Å². The predicted molar refractivity (Wildman–Crippen MR) is 66.5 cm³/mol. The number of nitrogens with zero attached hydrogens (tertiary/aromatic N) is 2. The van der Waals surface area contributed by atoms with Crippen LogP contribution in [0.15, 0.2) is 43.0 Å². The van der Waals surface area contributed by atoms with Crippen LogP contribution in [0.25, 0.3) is 5.69 Å². The van der Waals surface area contributed by atoms with Gasteiger partial charge in [-0.05, 0) is 0 Å². The predicted octanol–water partition coefficient (Wildman–Crippen LogP) is 2.42. The van der Waals surface area contributed by atoms with Crippen molar-refractivity contribution in [1.82, 2.24) is 9.55 Å². The molecule has 15 heavy (non-hydrogen) atoms. The van der Waals surface area contributed by atoms with Crippen LogP contribution in [0.5, 0.6) is 0 Å². The van der Waals surface area contributed by atoms with Crippen molar-refractivity contribution in [2.45, 2.75) is 14.8 Å². The van der Waals surface area contributed by atoms with Crippen LogP contribution in [0, 0.1) is 0 Å². The van der Waals surface area contributed by atoms with E-state index >= 15 is 0 Å². The number of para-hydroxylation sites is 1. The molecule has 0 bridgehead atoms. The summed E-state index contributed by atoms with van der Waals surface area (Å²) in [6.45, 7) is 0. The van der Waals surface area contributed by atoms with E-state index in [0.717, 1.165) is 0 Å². The first kappa shape index (κ1) is 10.7. The zero-order valence-electron chi connectivity index (χ0n) is 9.44. The van der Waals surface area contributed by atoms with Gasteiger partial charge in [-0.2, -0.15) is 0 Å². The molecular formula is C12H16N2Sn. The van der Waals surface area contributed by atoms with Gasteiger partial charge in [0, 0.05) is 0 Å². The van der Waals surface area contributed by atoms with Crippen LogP contribution in [0.3, 0.4) is 0 Å². The van der Waals surface area contributed by atoms with Gasteiger partial charge in [-0.3, -0.25) is 0 Å². The molecule has 1 heterocycles. The van der Waals surface area contributed by atoms with E-state index in [-0.39, 0.29) is 0 Å². The van der Waals surface area contributed by atoms with Gasteiger partial charge in [-0.15, -0.1) is 0 Å². The maximum atomic E-state index is 4.11. The van der Waals surface area contributed by atoms with Crippen molar-refractivity contribution < 1.29 is 0 Å². The summed E-state index contributed by atoms with van der Waals surface area (Å²) >= 11 is -2.02. The van der Waals surface area contributed by atoms with E-state index in [1.54, 1.807) is 3.58 Å². The van der Waals surface area contributed by atoms with E-state index in [1.807, 2.05) is 18.7 Å². The number of hydrogen-bond acceptors (Lipinski definition) is 1. The summed E-state index contributed by atoms with van der Waals surface area (Å²) in [5.74, 6) is 0. The van der Waals surface area contributed by atoms with Gasteiger partial charge in [0.1, 0.15) is 0 Å². The molecule has 2 rings (SSSR count). The minimum absolute atomic E-state index is 1.30. The number of imidazole rings is 1. The summed E-state index contributed by atoms with van der Waals surface area (Å²) in [6.07, 6.45) is 5.71. The average molecular weight is 307 g/mol. The summed E-state index contributed by atoms with van der Waals surface area (Å²) in [5.41, 5.74) is 1.30. The Labute approximate surface area is 94.8 Å². The first-order chi connectivity index (χ1) is 7.09. The molecule has 0 aliphatic rings. The number of benzene rings is 1. The molecule has 2 nitrogen and oxygen atoms in total. The standard InChI is InChI=1S/C9H7N2.3CH3.Sn/c1-2-4-9(5-3-1)11-7-6-10-8-11;;;;/h1-4,6-8H;3*1H3;. The molecule has 3 heteroatoms. The van der Waals surface area contributed by atoms with E-state index in [9.17, 15) is 0 Å². The van der Waals surface area contributed by atoms with E-state index in [1.165, 1.54) is 5.69 Å². The first-order valence-corrected chi connectivity index (χ1v) is 15.2. The molecule has 0 aliphatic heterocycles. The van der Waals surface area contributed by atoms with E-state index in [4.69, 9.17) is 0 Å². The van der Waals surface area contributed by atoms with Crippen molar-refractivity contribution in [3.8, 4) is 5.69 Å². The fourth-order valence-electron chi connectivity index (χ4n) is 1.73. The quantitative estimate of drug-likeness (QED) is 0.779. The van der Waals surface area contributed by atoms with Crippen LogP contribution < -0.4 is 3.58 Å². The topological polar surface area (TPSA) is 17.8 Å². The second-order valence-corrected chi connectivity index (χ2v) is 19.1. The Morgan fingerprint density at radius 1 is 1.13 bits per heavy atom. The van der Waals surface area contributed by atoms with Crippen LogP contribution in [-0.4, -0.2) is 27.9 Å². The molecule has 0 spiro atoms. The van der Waals surface area contributed by atoms with Crippen molar-refractivity contribution in [3.63, 3.8) is 0 Å². The molecule has 0 aliphatic carbocycles. The number of rotatable bonds is 2. The van der Waals surface area contributed by atoms with Gasteiger partial charge in [0.25, 0.3) is 0 Å². The Morgan fingerprint density at radius 2 is 1.87 bits per heavy atom. The van der Waals surface area contributed by atoms with Gasteiger partial charge in [-0.25, -0.2) is 0 Å². The Balaban J connectivity index is 2.58. The number of hydrogen-bond donors (Lipinski definition) is 0. The van der Waals surface area contributed by atoms with E-state index < -0.39 is 18.4 Å². The normalized spacial score (nSPS) is 11.7. The summed E-state index contributed by atoms with van der Waals surface area (Å²) in [6, 6.07) is 8.68. The monoisotopic (exact) mass is 308 g/mol. The first-order valence-electron chi connectivity index (χ1n) is 5.17. The van der Waals surface area contributed by atoms with Crippen LogP contribution in [0.4, 0.5) is 0 Å². The second-order valence-electron chi connectivity index (χ2n) is 4.74. The Hall–Kier alpha value is -0.771. The summed E-state index contributed by atoms with van der Waals surface area (Å²) in [5, 5.41) is 0. The van der Waals surface area contributed by atoms with Gasteiger partial charge >= 0.3 is 95.0 Å². The third-order valence-corrected chi connectivity index (χ3v) is 8.31. The fraction of sp³-hybridized carbons (Fsp3) is 0.250. The minimum atomic E-state index is -2.02. The second kappa shape index (κ2) is 4.00. The summed E-state index contributed by atoms with van der Waals surface area (Å²) in [7, 11) is 0. The van der Waals surface area contributed by atoms with Gasteiger partial charge in [-0.1, -0.05) is 0 Å². The summed E-state index contributed by atoms with van der Waals surface area (Å²) in [4.78, 5) is 11.4. The molecule has 0 fully saturated rings. The van der Waals surface area contributed by atoms with E-state index in [0.29, 0.717) is 0 Å². The van der Waals surface area contributed by atoms with Crippen LogP contribution in [0.2, 0.25) is 14.8 Å². The Bertz CT molecular complexity index is 441. The average Bonchev–Trinajstić information content (AvgIpc) is 2.69. The molecule has 0 N–H and O–H groups in total. The van der Waals surface area contributed by atoms with Crippen molar-refractivity contribution in [2.24, 2.45) is 0 Å².